The second kappa shape index (κ2) is 3.99. The van der Waals surface area contributed by atoms with Crippen LogP contribution in [0, 0.1) is 5.82 Å². The third kappa shape index (κ3) is 1.64. The maximum Gasteiger partial charge on any atom is 0.315 e. The highest BCUT2D eigenvalue weighted by atomic mass is 19.1. The van der Waals surface area contributed by atoms with E-state index in [0.717, 1.165) is 6.07 Å². The van der Waals surface area contributed by atoms with Crippen LogP contribution in [0.3, 0.4) is 0 Å². The number of nitrogens with one attached hydrogen (secondary N) is 2. The number of carbonyl (C=O) groups is 2. The third-order valence-corrected chi connectivity index (χ3v) is 3.59. The van der Waals surface area contributed by atoms with Gasteiger partial charge in [0.05, 0.1) is 11.1 Å². The van der Waals surface area contributed by atoms with Gasteiger partial charge in [-0.1, -0.05) is 0 Å². The van der Waals surface area contributed by atoms with Crippen molar-refractivity contribution in [1.29, 1.82) is 0 Å². The Labute approximate surface area is 112 Å². The molecule has 0 saturated carbocycles. The summed E-state index contributed by atoms with van der Waals surface area (Å²) in [6.07, 6.45) is -0.946. The van der Waals surface area contributed by atoms with Crippen LogP contribution in [-0.4, -0.2) is 29.7 Å². The fraction of sp³-hybridized carbons (Fsp3) is 0.333. The number of benzene rings is 1. The second-order valence-corrected chi connectivity index (χ2v) is 4.87. The van der Waals surface area contributed by atoms with Gasteiger partial charge in [0, 0.05) is 13.0 Å². The average Bonchev–Trinajstić information content (AvgIpc) is 2.75. The van der Waals surface area contributed by atoms with Gasteiger partial charge in [0.25, 0.3) is 5.91 Å². The maximum absolute atomic E-state index is 13.6. The molecule has 106 valence electrons. The lowest BCUT2D eigenvalue weighted by Crippen LogP contribution is -2.51. The molecule has 2 atom stereocenters. The Bertz CT molecular complexity index is 621. The summed E-state index contributed by atoms with van der Waals surface area (Å²) < 4.78 is 18.9. The SMILES string of the molecule is NC(=O)C1CC2(CNC(=O)N2)c2c(ccc(F)c2O)O1. The first-order valence-corrected chi connectivity index (χ1v) is 5.97. The first-order valence-electron chi connectivity index (χ1n) is 5.97. The van der Waals surface area contributed by atoms with E-state index in [1.165, 1.54) is 6.07 Å². The molecule has 1 fully saturated rings. The third-order valence-electron chi connectivity index (χ3n) is 3.59. The molecule has 0 bridgehead atoms. The van der Waals surface area contributed by atoms with Crippen LogP contribution in [0.15, 0.2) is 12.1 Å². The topological polar surface area (TPSA) is 114 Å². The molecule has 3 amide bonds. The van der Waals surface area contributed by atoms with Crippen LogP contribution in [0.1, 0.15) is 12.0 Å². The van der Waals surface area contributed by atoms with Gasteiger partial charge in [-0.05, 0) is 12.1 Å². The summed E-state index contributed by atoms with van der Waals surface area (Å²) in [4.78, 5) is 22.8. The summed E-state index contributed by atoms with van der Waals surface area (Å²) in [5.74, 6) is -2.00. The summed E-state index contributed by atoms with van der Waals surface area (Å²) in [6, 6.07) is 1.85. The van der Waals surface area contributed by atoms with E-state index in [4.69, 9.17) is 10.5 Å². The van der Waals surface area contributed by atoms with E-state index >= 15 is 0 Å². The summed E-state index contributed by atoms with van der Waals surface area (Å²) in [5, 5.41) is 15.1. The van der Waals surface area contributed by atoms with Crippen molar-refractivity contribution in [3.8, 4) is 11.5 Å². The molecule has 2 unspecified atom stereocenters. The second-order valence-electron chi connectivity index (χ2n) is 4.87. The van der Waals surface area contributed by atoms with Crippen LogP contribution in [0.5, 0.6) is 11.5 Å². The quantitative estimate of drug-likeness (QED) is 0.564. The zero-order valence-electron chi connectivity index (χ0n) is 10.3. The molecule has 0 aliphatic carbocycles. The lowest BCUT2D eigenvalue weighted by atomic mass is 9.81. The smallest absolute Gasteiger partial charge is 0.315 e. The standard InChI is InChI=1S/C12H12FN3O4/c13-5-1-2-6-8(9(5)17)12(4-15-11(19)16-12)3-7(20-6)10(14)18/h1-2,7,17H,3-4H2,(H2,14,18)(H2,15,16,19). The van der Waals surface area contributed by atoms with Gasteiger partial charge in [-0.2, -0.15) is 0 Å². The Morgan fingerprint density at radius 2 is 2.30 bits per heavy atom. The Morgan fingerprint density at radius 3 is 2.90 bits per heavy atom. The van der Waals surface area contributed by atoms with E-state index in [-0.39, 0.29) is 24.3 Å². The molecule has 2 aliphatic heterocycles. The molecule has 0 radical (unpaired) electrons. The number of carbonyl (C=O) groups excluding carboxylic acids is 2. The highest BCUT2D eigenvalue weighted by molar-refractivity contribution is 5.82. The van der Waals surface area contributed by atoms with Gasteiger partial charge in [-0.25, -0.2) is 9.18 Å². The Morgan fingerprint density at radius 1 is 1.55 bits per heavy atom. The predicted molar refractivity (Wildman–Crippen MR) is 64.5 cm³/mol. The largest absolute Gasteiger partial charge is 0.504 e. The van der Waals surface area contributed by atoms with Crippen molar-refractivity contribution >= 4 is 11.9 Å². The van der Waals surface area contributed by atoms with Crippen LogP contribution in [0.4, 0.5) is 9.18 Å². The number of amides is 3. The highest BCUT2D eigenvalue weighted by Crippen LogP contribution is 2.46. The minimum absolute atomic E-state index is 0.0189. The highest BCUT2D eigenvalue weighted by Gasteiger charge is 2.50. The summed E-state index contributed by atoms with van der Waals surface area (Å²) in [5.41, 5.74) is 4.25. The zero-order chi connectivity index (χ0) is 14.5. The van der Waals surface area contributed by atoms with Gasteiger partial charge in [-0.15, -0.1) is 0 Å². The number of phenolic OH excluding ortho intramolecular Hbond substituents is 1. The Balaban J connectivity index is 2.17. The number of phenols is 1. The first-order chi connectivity index (χ1) is 9.43. The van der Waals surface area contributed by atoms with E-state index in [0.29, 0.717) is 0 Å². The molecule has 7 nitrogen and oxygen atoms in total. The van der Waals surface area contributed by atoms with Crippen LogP contribution in [0.2, 0.25) is 0 Å². The first kappa shape index (κ1) is 12.5. The molecule has 5 N–H and O–H groups in total. The Kier molecular flexibility index (Phi) is 2.50. The number of hydrogen-bond donors (Lipinski definition) is 4. The number of urea groups is 1. The van der Waals surface area contributed by atoms with Crippen molar-refractivity contribution in [2.24, 2.45) is 5.73 Å². The minimum Gasteiger partial charge on any atom is -0.504 e. The van der Waals surface area contributed by atoms with Gasteiger partial charge in [0.15, 0.2) is 17.7 Å². The Hall–Kier alpha value is -2.51. The van der Waals surface area contributed by atoms with Crippen molar-refractivity contribution in [2.45, 2.75) is 18.1 Å². The van der Waals surface area contributed by atoms with Gasteiger partial charge in [0.1, 0.15) is 5.75 Å². The van der Waals surface area contributed by atoms with E-state index in [1.54, 1.807) is 0 Å². The number of fused-ring (bicyclic) bond motifs is 2. The van der Waals surface area contributed by atoms with E-state index in [9.17, 15) is 19.1 Å². The fourth-order valence-corrected chi connectivity index (χ4v) is 2.69. The number of rotatable bonds is 1. The van der Waals surface area contributed by atoms with Crippen molar-refractivity contribution in [3.05, 3.63) is 23.5 Å². The van der Waals surface area contributed by atoms with Crippen LogP contribution < -0.4 is 21.1 Å². The number of primary amides is 1. The van der Waals surface area contributed by atoms with Crippen LogP contribution >= 0.6 is 0 Å². The van der Waals surface area contributed by atoms with Gasteiger partial charge >= 0.3 is 6.03 Å². The monoisotopic (exact) mass is 281 g/mol. The van der Waals surface area contributed by atoms with Crippen molar-refractivity contribution in [3.63, 3.8) is 0 Å². The number of ether oxygens (including phenoxy) is 1. The molecule has 1 spiro atoms. The number of halogens is 1. The summed E-state index contributed by atoms with van der Waals surface area (Å²) in [7, 11) is 0. The summed E-state index contributed by atoms with van der Waals surface area (Å²) in [6.45, 7) is 0.100. The van der Waals surface area contributed by atoms with Gasteiger partial charge in [0.2, 0.25) is 0 Å². The summed E-state index contributed by atoms with van der Waals surface area (Å²) >= 11 is 0. The molecule has 2 aliphatic rings. The van der Waals surface area contributed by atoms with Crippen molar-refractivity contribution in [2.75, 3.05) is 6.54 Å². The number of hydrogen-bond acceptors (Lipinski definition) is 4. The average molecular weight is 281 g/mol. The molecule has 20 heavy (non-hydrogen) atoms. The predicted octanol–water partition coefficient (Wildman–Crippen LogP) is -0.324. The van der Waals surface area contributed by atoms with Gasteiger partial charge < -0.3 is 26.2 Å². The minimum atomic E-state index is -1.11. The number of nitrogens with two attached hydrogens (primary N) is 1. The maximum atomic E-state index is 13.6. The zero-order valence-corrected chi connectivity index (χ0v) is 10.3. The van der Waals surface area contributed by atoms with E-state index in [2.05, 4.69) is 10.6 Å². The lowest BCUT2D eigenvalue weighted by Gasteiger charge is -2.38. The van der Waals surface area contributed by atoms with Crippen molar-refractivity contribution < 1.29 is 23.8 Å². The molecule has 8 heteroatoms. The number of aromatic hydroxyl groups is 1. The lowest BCUT2D eigenvalue weighted by molar-refractivity contribution is -0.126. The van der Waals surface area contributed by atoms with E-state index in [1.807, 2.05) is 0 Å². The van der Waals surface area contributed by atoms with Crippen LogP contribution in [0.25, 0.3) is 0 Å². The van der Waals surface area contributed by atoms with Crippen LogP contribution in [-0.2, 0) is 10.3 Å². The van der Waals surface area contributed by atoms with Crippen molar-refractivity contribution in [1.82, 2.24) is 10.6 Å². The molecule has 3 rings (SSSR count). The molecule has 2 heterocycles. The molecule has 0 aromatic heterocycles. The molecule has 1 aromatic rings. The molecular formula is C12H12FN3O4. The van der Waals surface area contributed by atoms with Gasteiger partial charge in [-0.3, -0.25) is 4.79 Å². The fourth-order valence-electron chi connectivity index (χ4n) is 2.69. The molecular weight excluding hydrogens is 269 g/mol. The molecule has 1 aromatic carbocycles. The normalized spacial score (nSPS) is 27.4. The van der Waals surface area contributed by atoms with E-state index < -0.39 is 35.1 Å². The molecule has 1 saturated heterocycles.